The van der Waals surface area contributed by atoms with E-state index in [-0.39, 0.29) is 25.7 Å². The molecule has 44 heavy (non-hydrogen) atoms. The minimum absolute atomic E-state index is 0.0776. The van der Waals surface area contributed by atoms with Crippen LogP contribution < -0.4 is 0 Å². The molecule has 0 saturated carbocycles. The Hall–Kier alpha value is -4.67. The van der Waals surface area contributed by atoms with Gasteiger partial charge in [0.25, 0.3) is 0 Å². The number of carbonyl (C=O) groups excluding carboxylic acids is 4. The highest BCUT2D eigenvalue weighted by molar-refractivity contribution is 5.94. The first kappa shape index (κ1) is 32.2. The number of nitrogens with zero attached hydrogens (tertiary/aromatic N) is 3. The van der Waals surface area contributed by atoms with E-state index in [1.807, 2.05) is 48.5 Å². The van der Waals surface area contributed by atoms with E-state index in [4.69, 9.17) is 9.47 Å². The number of carboxylic acid groups (broad SMARTS) is 1. The zero-order valence-electron chi connectivity index (χ0n) is 25.1. The van der Waals surface area contributed by atoms with E-state index in [0.29, 0.717) is 19.3 Å². The molecule has 4 rings (SSSR count). The van der Waals surface area contributed by atoms with Gasteiger partial charge in [-0.15, -0.1) is 0 Å². The van der Waals surface area contributed by atoms with E-state index in [1.54, 1.807) is 0 Å². The molecule has 1 fully saturated rings. The van der Waals surface area contributed by atoms with Crippen molar-refractivity contribution in [2.24, 2.45) is 0 Å². The van der Waals surface area contributed by atoms with Crippen LogP contribution in [0.5, 0.6) is 0 Å². The third-order valence-corrected chi connectivity index (χ3v) is 8.17. The summed E-state index contributed by atoms with van der Waals surface area (Å²) in [6, 6.07) is 13.7. The fraction of sp³-hybridized carbons (Fsp3) is 0.424. The molecule has 0 radical (unpaired) electrons. The minimum Gasteiger partial charge on any atom is -0.480 e. The number of rotatable bonds is 11. The molecule has 0 spiro atoms. The average molecular weight is 606 g/mol. The van der Waals surface area contributed by atoms with Crippen LogP contribution >= 0.6 is 0 Å². The third-order valence-electron chi connectivity index (χ3n) is 8.17. The molecule has 0 aromatic heterocycles. The Bertz CT molecular complexity index is 1360. The van der Waals surface area contributed by atoms with Crippen LogP contribution in [0.4, 0.5) is 4.79 Å². The van der Waals surface area contributed by atoms with Crippen molar-refractivity contribution in [2.75, 3.05) is 40.4 Å². The Balaban J connectivity index is 1.52. The number of hydrogen-bond acceptors (Lipinski definition) is 7. The molecule has 1 aliphatic carbocycles. The van der Waals surface area contributed by atoms with E-state index >= 15 is 0 Å². The first-order valence-electron chi connectivity index (χ1n) is 14.8. The molecule has 234 valence electrons. The van der Waals surface area contributed by atoms with Crippen LogP contribution in [0.15, 0.2) is 61.2 Å². The summed E-state index contributed by atoms with van der Waals surface area (Å²) in [5, 5.41) is 9.24. The molecule has 2 aliphatic rings. The van der Waals surface area contributed by atoms with Gasteiger partial charge in [0.05, 0.1) is 6.42 Å². The Kier molecular flexibility index (Phi) is 10.8. The average Bonchev–Trinajstić information content (AvgIpc) is 3.32. The van der Waals surface area contributed by atoms with Crippen molar-refractivity contribution < 1.29 is 38.6 Å². The van der Waals surface area contributed by atoms with Crippen LogP contribution in [0.3, 0.4) is 0 Å². The standard InChI is InChI=1S/C33H39N3O8/c1-4-18-43-30(39)19-28(31(40)34(2)20-29(37)38)36-17-11-5-6-16-27(32(36)41)35(3)33(42)44-21-26-24-14-9-7-12-22(24)23-13-8-10-15-25(23)26/h4,7-10,12-15,26-28H,1,5-6,11,16-21H2,2-3H3,(H,37,38). The molecular weight excluding hydrogens is 566 g/mol. The van der Waals surface area contributed by atoms with Crippen molar-refractivity contribution in [3.05, 3.63) is 72.3 Å². The molecule has 2 unspecified atom stereocenters. The molecular formula is C33H39N3O8. The van der Waals surface area contributed by atoms with E-state index in [2.05, 4.69) is 6.58 Å². The predicted octanol–water partition coefficient (Wildman–Crippen LogP) is 3.67. The topological polar surface area (TPSA) is 134 Å². The monoisotopic (exact) mass is 605 g/mol. The van der Waals surface area contributed by atoms with Crippen molar-refractivity contribution in [1.82, 2.24) is 14.7 Å². The van der Waals surface area contributed by atoms with Gasteiger partial charge in [-0.1, -0.05) is 74.0 Å². The van der Waals surface area contributed by atoms with Crippen molar-refractivity contribution in [2.45, 2.75) is 50.1 Å². The van der Waals surface area contributed by atoms with E-state index in [9.17, 15) is 29.1 Å². The van der Waals surface area contributed by atoms with E-state index in [1.165, 1.54) is 30.0 Å². The third kappa shape index (κ3) is 7.27. The number of benzene rings is 2. The Labute approximate surface area is 257 Å². The SMILES string of the molecule is C=CCOC(=O)CC(C(=O)N(C)CC(=O)O)N1CCCCCC(N(C)C(=O)OCC2c3ccccc3-c3ccccc32)C1=O. The van der Waals surface area contributed by atoms with Crippen molar-refractivity contribution >= 4 is 29.8 Å². The number of amides is 3. The number of carboxylic acids is 1. The number of likely N-dealkylation sites (N-methyl/N-ethyl adjacent to an activating group) is 2. The summed E-state index contributed by atoms with van der Waals surface area (Å²) in [6.07, 6.45) is 2.54. The molecule has 11 nitrogen and oxygen atoms in total. The summed E-state index contributed by atoms with van der Waals surface area (Å²) in [4.78, 5) is 68.3. The fourth-order valence-electron chi connectivity index (χ4n) is 5.95. The summed E-state index contributed by atoms with van der Waals surface area (Å²) in [6.45, 7) is 3.06. The molecule has 1 saturated heterocycles. The van der Waals surface area contributed by atoms with Crippen molar-refractivity contribution in [1.29, 1.82) is 0 Å². The van der Waals surface area contributed by atoms with Gasteiger partial charge in [0, 0.05) is 26.6 Å². The maximum atomic E-state index is 14.0. The lowest BCUT2D eigenvalue weighted by Gasteiger charge is -2.38. The summed E-state index contributed by atoms with van der Waals surface area (Å²) < 4.78 is 10.9. The summed E-state index contributed by atoms with van der Waals surface area (Å²) in [5.74, 6) is -3.35. The van der Waals surface area contributed by atoms with Gasteiger partial charge in [-0.3, -0.25) is 24.1 Å². The van der Waals surface area contributed by atoms with Gasteiger partial charge in [-0.2, -0.15) is 0 Å². The molecule has 2 atom stereocenters. The summed E-state index contributed by atoms with van der Waals surface area (Å²) in [5.41, 5.74) is 4.32. The molecule has 2 aromatic carbocycles. The molecule has 1 heterocycles. The van der Waals surface area contributed by atoms with Crippen LogP contribution in [0.25, 0.3) is 11.1 Å². The van der Waals surface area contributed by atoms with Crippen LogP contribution in [-0.2, 0) is 28.7 Å². The lowest BCUT2D eigenvalue weighted by atomic mass is 9.98. The molecule has 0 bridgehead atoms. The number of esters is 1. The number of likely N-dealkylation sites (tertiary alicyclic amines) is 1. The first-order chi connectivity index (χ1) is 21.1. The van der Waals surface area contributed by atoms with Gasteiger partial charge in [0.1, 0.15) is 31.8 Å². The lowest BCUT2D eigenvalue weighted by Crippen LogP contribution is -2.58. The second kappa shape index (κ2) is 14.7. The predicted molar refractivity (Wildman–Crippen MR) is 162 cm³/mol. The molecule has 11 heteroatoms. The highest BCUT2D eigenvalue weighted by Gasteiger charge is 2.40. The zero-order chi connectivity index (χ0) is 31.8. The quantitative estimate of drug-likeness (QED) is 0.303. The zero-order valence-corrected chi connectivity index (χ0v) is 25.1. The summed E-state index contributed by atoms with van der Waals surface area (Å²) >= 11 is 0. The molecule has 1 N–H and O–H groups in total. The Morgan fingerprint density at radius 3 is 2.25 bits per heavy atom. The number of ether oxygens (including phenoxy) is 2. The second-order valence-electron chi connectivity index (χ2n) is 11.1. The Morgan fingerprint density at radius 1 is 1.00 bits per heavy atom. The highest BCUT2D eigenvalue weighted by Crippen LogP contribution is 2.44. The van der Waals surface area contributed by atoms with Crippen LogP contribution in [0.2, 0.25) is 0 Å². The number of carbonyl (C=O) groups is 5. The van der Waals surface area contributed by atoms with Crippen LogP contribution in [0, 0.1) is 0 Å². The van der Waals surface area contributed by atoms with Gasteiger partial charge in [-0.25, -0.2) is 4.79 Å². The minimum atomic E-state index is -1.30. The second-order valence-corrected chi connectivity index (χ2v) is 11.1. The lowest BCUT2D eigenvalue weighted by molar-refractivity contribution is -0.155. The number of hydrogen-bond donors (Lipinski definition) is 1. The van der Waals surface area contributed by atoms with Gasteiger partial charge in [-0.05, 0) is 35.1 Å². The molecule has 1 aliphatic heterocycles. The van der Waals surface area contributed by atoms with Crippen LogP contribution in [-0.4, -0.2) is 102 Å². The molecule has 3 amide bonds. The number of fused-ring (bicyclic) bond motifs is 3. The van der Waals surface area contributed by atoms with Gasteiger partial charge in [0.2, 0.25) is 11.8 Å². The van der Waals surface area contributed by atoms with Crippen molar-refractivity contribution in [3.8, 4) is 11.1 Å². The maximum absolute atomic E-state index is 14.0. The van der Waals surface area contributed by atoms with Crippen molar-refractivity contribution in [3.63, 3.8) is 0 Å². The van der Waals surface area contributed by atoms with Gasteiger partial charge >= 0.3 is 18.0 Å². The first-order valence-corrected chi connectivity index (χ1v) is 14.8. The maximum Gasteiger partial charge on any atom is 0.410 e. The molecule has 2 aromatic rings. The summed E-state index contributed by atoms with van der Waals surface area (Å²) in [7, 11) is 2.79. The largest absolute Gasteiger partial charge is 0.480 e. The Morgan fingerprint density at radius 2 is 1.64 bits per heavy atom. The highest BCUT2D eigenvalue weighted by atomic mass is 16.6. The number of aliphatic carboxylic acids is 1. The van der Waals surface area contributed by atoms with Crippen LogP contribution in [0.1, 0.15) is 49.1 Å². The van der Waals surface area contributed by atoms with Gasteiger partial charge < -0.3 is 24.4 Å². The van der Waals surface area contributed by atoms with E-state index in [0.717, 1.165) is 33.6 Å². The normalized spacial score (nSPS) is 16.9. The smallest absolute Gasteiger partial charge is 0.410 e. The van der Waals surface area contributed by atoms with E-state index < -0.39 is 54.9 Å². The fourth-order valence-corrected chi connectivity index (χ4v) is 5.95. The van der Waals surface area contributed by atoms with Gasteiger partial charge in [0.15, 0.2) is 0 Å².